The molecule has 0 aliphatic heterocycles. The van der Waals surface area contributed by atoms with Crippen LogP contribution in [-0.2, 0) is 13.2 Å². The molecule has 4 rings (SSSR count). The van der Waals surface area contributed by atoms with Crippen molar-refractivity contribution in [3.63, 3.8) is 0 Å². The van der Waals surface area contributed by atoms with E-state index in [-0.39, 0.29) is 18.3 Å². The molecule has 2 aromatic carbocycles. The number of amides is 1. The third-order valence-electron chi connectivity index (χ3n) is 5.33. The lowest BCUT2D eigenvalue weighted by Crippen LogP contribution is -2.12. The lowest BCUT2D eigenvalue weighted by molar-refractivity contribution is 0.0992. The van der Waals surface area contributed by atoms with Crippen LogP contribution in [0.25, 0.3) is 0 Å². The third-order valence-corrected chi connectivity index (χ3v) is 6.30. The summed E-state index contributed by atoms with van der Waals surface area (Å²) in [6.07, 6.45) is 0. The van der Waals surface area contributed by atoms with Crippen molar-refractivity contribution >= 4 is 46.4 Å². The van der Waals surface area contributed by atoms with E-state index in [0.717, 1.165) is 16.8 Å². The Bertz CT molecular complexity index is 1360. The maximum atomic E-state index is 12.8. The number of nitrogens with one attached hydrogen (secondary N) is 1. The fourth-order valence-corrected chi connectivity index (χ4v) is 4.07. The van der Waals surface area contributed by atoms with Gasteiger partial charge in [0.1, 0.15) is 18.1 Å². The van der Waals surface area contributed by atoms with E-state index in [1.165, 1.54) is 0 Å². The lowest BCUT2D eigenvalue weighted by atomic mass is 10.2. The normalized spacial score (nSPS) is 11.0. The maximum Gasteiger partial charge on any atom is 0.291 e. The van der Waals surface area contributed by atoms with Crippen LogP contribution in [0.2, 0.25) is 15.1 Å². The Morgan fingerprint density at radius 2 is 1.82 bits per heavy atom. The van der Waals surface area contributed by atoms with Gasteiger partial charge in [0.15, 0.2) is 5.76 Å². The van der Waals surface area contributed by atoms with Gasteiger partial charge in [0.2, 0.25) is 0 Å². The minimum Gasteiger partial charge on any atom is -0.485 e. The predicted molar refractivity (Wildman–Crippen MR) is 134 cm³/mol. The topological polar surface area (TPSA) is 69.3 Å². The molecule has 2 aromatic heterocycles. The van der Waals surface area contributed by atoms with Crippen molar-refractivity contribution in [3.8, 4) is 5.75 Å². The molecular weight excluding hydrogens is 497 g/mol. The molecule has 1 amide bonds. The van der Waals surface area contributed by atoms with Crippen LogP contribution in [0.15, 0.2) is 52.9 Å². The van der Waals surface area contributed by atoms with Crippen LogP contribution in [-0.4, -0.2) is 15.7 Å². The van der Waals surface area contributed by atoms with Crippen LogP contribution >= 0.6 is 34.8 Å². The minimum atomic E-state index is -0.366. The third kappa shape index (κ3) is 5.41. The van der Waals surface area contributed by atoms with Gasteiger partial charge in [0.05, 0.1) is 33.7 Å². The highest BCUT2D eigenvalue weighted by molar-refractivity contribution is 6.42. The van der Waals surface area contributed by atoms with Gasteiger partial charge in [0, 0.05) is 5.02 Å². The number of nitrogens with zero attached hydrogens (tertiary/aromatic N) is 2. The van der Waals surface area contributed by atoms with Crippen molar-refractivity contribution in [1.29, 1.82) is 0 Å². The smallest absolute Gasteiger partial charge is 0.291 e. The second kappa shape index (κ2) is 10.1. The highest BCUT2D eigenvalue weighted by Gasteiger charge is 2.18. The summed E-state index contributed by atoms with van der Waals surface area (Å²) < 4.78 is 13.3. The summed E-state index contributed by atoms with van der Waals surface area (Å²) in [5.41, 5.74) is 4.01. The van der Waals surface area contributed by atoms with Crippen LogP contribution < -0.4 is 10.1 Å². The van der Waals surface area contributed by atoms with Crippen molar-refractivity contribution in [3.05, 3.63) is 97.6 Å². The van der Waals surface area contributed by atoms with E-state index in [1.54, 1.807) is 41.1 Å². The monoisotopic (exact) mass is 517 g/mol. The minimum absolute atomic E-state index is 0.183. The number of aryl methyl sites for hydroxylation is 2. The van der Waals surface area contributed by atoms with Crippen molar-refractivity contribution in [2.24, 2.45) is 0 Å². The first-order chi connectivity index (χ1) is 16.2. The zero-order valence-corrected chi connectivity index (χ0v) is 21.1. The molecular formula is C25H22Cl3N3O3. The van der Waals surface area contributed by atoms with Crippen LogP contribution in [0.4, 0.5) is 5.69 Å². The first kappa shape index (κ1) is 24.2. The fraction of sp³-hybridized carbons (Fsp3) is 0.200. The summed E-state index contributed by atoms with van der Waals surface area (Å²) in [6.45, 7) is 6.32. The number of ether oxygens (including phenoxy) is 1. The maximum absolute atomic E-state index is 12.8. The summed E-state index contributed by atoms with van der Waals surface area (Å²) in [5, 5.41) is 9.09. The van der Waals surface area contributed by atoms with E-state index in [2.05, 4.69) is 10.4 Å². The van der Waals surface area contributed by atoms with Gasteiger partial charge in [0.25, 0.3) is 5.91 Å². The number of furan rings is 1. The average Bonchev–Trinajstić information content (AvgIpc) is 3.36. The number of hydrogen-bond donors (Lipinski definition) is 1. The number of benzene rings is 2. The Labute approximate surface area is 212 Å². The zero-order chi connectivity index (χ0) is 24.4. The first-order valence-corrected chi connectivity index (χ1v) is 11.6. The van der Waals surface area contributed by atoms with Crippen molar-refractivity contribution in [1.82, 2.24) is 9.78 Å². The summed E-state index contributed by atoms with van der Waals surface area (Å²) >= 11 is 18.1. The number of carbonyl (C=O) groups excluding carboxylic acids is 1. The molecule has 176 valence electrons. The van der Waals surface area contributed by atoms with Gasteiger partial charge in [-0.3, -0.25) is 9.48 Å². The van der Waals surface area contributed by atoms with Gasteiger partial charge < -0.3 is 14.5 Å². The highest BCUT2D eigenvalue weighted by Crippen LogP contribution is 2.26. The predicted octanol–water partition coefficient (Wildman–Crippen LogP) is 7.24. The van der Waals surface area contributed by atoms with Crippen molar-refractivity contribution in [2.75, 3.05) is 5.32 Å². The Morgan fingerprint density at radius 1 is 1.03 bits per heavy atom. The number of carbonyl (C=O) groups is 1. The quantitative estimate of drug-likeness (QED) is 0.280. The molecule has 0 fully saturated rings. The summed E-state index contributed by atoms with van der Waals surface area (Å²) in [4.78, 5) is 12.8. The van der Waals surface area contributed by atoms with Gasteiger partial charge in [-0.25, -0.2) is 0 Å². The molecule has 0 radical (unpaired) electrons. The Balaban J connectivity index is 1.42. The molecule has 1 N–H and O–H groups in total. The molecule has 2 heterocycles. The van der Waals surface area contributed by atoms with Crippen molar-refractivity contribution < 1.29 is 13.9 Å². The molecule has 0 saturated heterocycles. The molecule has 34 heavy (non-hydrogen) atoms. The Morgan fingerprint density at radius 3 is 2.56 bits per heavy atom. The van der Waals surface area contributed by atoms with E-state index in [1.807, 2.05) is 32.9 Å². The number of hydrogen-bond acceptors (Lipinski definition) is 4. The molecule has 4 aromatic rings. The van der Waals surface area contributed by atoms with Gasteiger partial charge in [-0.1, -0.05) is 40.9 Å². The number of halogens is 3. The molecule has 6 nitrogen and oxygen atoms in total. The van der Waals surface area contributed by atoms with Gasteiger partial charge in [-0.15, -0.1) is 0 Å². The van der Waals surface area contributed by atoms with Crippen LogP contribution in [0.5, 0.6) is 5.75 Å². The Hall–Kier alpha value is -2.93. The molecule has 0 unspecified atom stereocenters. The molecule has 0 atom stereocenters. The fourth-order valence-electron chi connectivity index (χ4n) is 3.52. The number of aromatic nitrogens is 2. The van der Waals surface area contributed by atoms with E-state index in [0.29, 0.717) is 44.5 Å². The standard InChI is InChI=1S/C25H22Cl3N3O3/c1-14-10-18(26)5-8-22(14)33-13-19-6-9-23(34-19)25(32)29-24-15(2)30-31(16(24)3)12-17-4-7-20(27)21(28)11-17/h4-11H,12-13H2,1-3H3,(H,29,32). The summed E-state index contributed by atoms with van der Waals surface area (Å²) in [7, 11) is 0. The van der Waals surface area contributed by atoms with E-state index in [9.17, 15) is 4.79 Å². The van der Waals surface area contributed by atoms with E-state index in [4.69, 9.17) is 44.0 Å². The van der Waals surface area contributed by atoms with Crippen LogP contribution in [0.1, 0.15) is 38.8 Å². The molecule has 0 spiro atoms. The molecule has 0 aliphatic rings. The second-order valence-corrected chi connectivity index (χ2v) is 9.12. The largest absolute Gasteiger partial charge is 0.485 e. The number of rotatable bonds is 7. The highest BCUT2D eigenvalue weighted by atomic mass is 35.5. The summed E-state index contributed by atoms with van der Waals surface area (Å²) in [5.74, 6) is 1.05. The number of anilines is 1. The Kier molecular flexibility index (Phi) is 7.22. The van der Waals surface area contributed by atoms with Crippen LogP contribution in [0.3, 0.4) is 0 Å². The molecule has 0 bridgehead atoms. The SMILES string of the molecule is Cc1cc(Cl)ccc1OCc1ccc(C(=O)Nc2c(C)nn(Cc3ccc(Cl)c(Cl)c3)c2C)o1. The van der Waals surface area contributed by atoms with E-state index >= 15 is 0 Å². The molecule has 0 aliphatic carbocycles. The zero-order valence-electron chi connectivity index (χ0n) is 18.8. The molecule has 9 heteroatoms. The lowest BCUT2D eigenvalue weighted by Gasteiger charge is -2.08. The average molecular weight is 519 g/mol. The van der Waals surface area contributed by atoms with Crippen molar-refractivity contribution in [2.45, 2.75) is 33.9 Å². The van der Waals surface area contributed by atoms with Gasteiger partial charge in [-0.05, 0) is 74.4 Å². The first-order valence-electron chi connectivity index (χ1n) is 10.5. The molecule has 0 saturated carbocycles. The van der Waals surface area contributed by atoms with Gasteiger partial charge >= 0.3 is 0 Å². The van der Waals surface area contributed by atoms with Crippen LogP contribution in [0, 0.1) is 20.8 Å². The second-order valence-electron chi connectivity index (χ2n) is 7.87. The van der Waals surface area contributed by atoms with Gasteiger partial charge in [-0.2, -0.15) is 5.10 Å². The summed E-state index contributed by atoms with van der Waals surface area (Å²) in [6, 6.07) is 14.2. The van der Waals surface area contributed by atoms with E-state index < -0.39 is 0 Å².